The number of carbonyl (C=O) groups excluding carboxylic acids is 3. The van der Waals surface area contributed by atoms with Crippen molar-refractivity contribution in [1.82, 2.24) is 10.3 Å². The van der Waals surface area contributed by atoms with Crippen LogP contribution in [0.3, 0.4) is 0 Å². The smallest absolute Gasteiger partial charge is 0.341 e. The second-order valence-electron chi connectivity index (χ2n) is 3.36. The summed E-state index contributed by atoms with van der Waals surface area (Å²) >= 11 is 0. The van der Waals surface area contributed by atoms with Crippen LogP contribution >= 0.6 is 0 Å². The molecule has 0 atom stereocenters. The van der Waals surface area contributed by atoms with Gasteiger partial charge in [0.05, 0.1) is 12.2 Å². The minimum Gasteiger partial charge on any atom is -0.350 e. The molecule has 0 radical (unpaired) electrons. The van der Waals surface area contributed by atoms with E-state index in [0.29, 0.717) is 12.0 Å². The molecule has 4 amide bonds. The second-order valence-corrected chi connectivity index (χ2v) is 3.36. The van der Waals surface area contributed by atoms with Gasteiger partial charge >= 0.3 is 12.1 Å². The third kappa shape index (κ3) is 3.21. The highest BCUT2D eigenvalue weighted by atomic mass is 16.2. The van der Waals surface area contributed by atoms with Gasteiger partial charge in [0.25, 0.3) is 0 Å². The van der Waals surface area contributed by atoms with Crippen molar-refractivity contribution in [3.8, 4) is 0 Å². The predicted molar refractivity (Wildman–Crippen MR) is 65.7 cm³/mol. The van der Waals surface area contributed by atoms with Gasteiger partial charge in [-0.2, -0.15) is 5.01 Å². The zero-order valence-electron chi connectivity index (χ0n) is 9.87. The van der Waals surface area contributed by atoms with Crippen LogP contribution in [0, 0.1) is 0 Å². The van der Waals surface area contributed by atoms with E-state index in [1.165, 1.54) is 7.05 Å². The standard InChI is InChI=1S/C11H14N4O3/c1-14(10(12)17)15(11(18)13-7-8-16)9-5-3-2-4-6-9/h2-6,8H,7H2,1H3,(H2,12,17)(H,13,18). The molecule has 0 saturated heterocycles. The Morgan fingerprint density at radius 1 is 1.33 bits per heavy atom. The number of urea groups is 2. The van der Waals surface area contributed by atoms with E-state index >= 15 is 0 Å². The van der Waals surface area contributed by atoms with Crippen LogP contribution in [0.2, 0.25) is 0 Å². The average Bonchev–Trinajstić information content (AvgIpc) is 2.37. The molecule has 7 nitrogen and oxygen atoms in total. The number of hydrazine groups is 1. The van der Waals surface area contributed by atoms with Gasteiger partial charge in [-0.25, -0.2) is 14.6 Å². The molecular formula is C11H14N4O3. The molecule has 0 spiro atoms. The molecule has 1 rings (SSSR count). The predicted octanol–water partition coefficient (Wildman–Crippen LogP) is 0.327. The van der Waals surface area contributed by atoms with Crippen molar-refractivity contribution in [2.24, 2.45) is 5.73 Å². The summed E-state index contributed by atoms with van der Waals surface area (Å²) < 4.78 is 0. The minimum atomic E-state index is -0.792. The van der Waals surface area contributed by atoms with Crippen LogP contribution in [-0.4, -0.2) is 36.9 Å². The number of aldehydes is 1. The number of benzene rings is 1. The van der Waals surface area contributed by atoms with Gasteiger partial charge in [-0.15, -0.1) is 0 Å². The van der Waals surface area contributed by atoms with Gasteiger partial charge in [0.15, 0.2) is 0 Å². The van der Waals surface area contributed by atoms with Gasteiger partial charge in [0, 0.05) is 7.05 Å². The molecule has 1 aromatic rings. The third-order valence-electron chi connectivity index (χ3n) is 2.15. The van der Waals surface area contributed by atoms with E-state index in [-0.39, 0.29) is 6.54 Å². The molecule has 0 aliphatic heterocycles. The molecule has 7 heteroatoms. The Morgan fingerprint density at radius 3 is 2.44 bits per heavy atom. The number of anilines is 1. The molecule has 18 heavy (non-hydrogen) atoms. The number of para-hydroxylation sites is 1. The van der Waals surface area contributed by atoms with E-state index in [4.69, 9.17) is 5.73 Å². The lowest BCUT2D eigenvalue weighted by Crippen LogP contribution is -2.53. The maximum Gasteiger partial charge on any atom is 0.341 e. The number of hydrogen-bond donors (Lipinski definition) is 2. The van der Waals surface area contributed by atoms with Crippen LogP contribution in [0.5, 0.6) is 0 Å². The maximum atomic E-state index is 11.9. The van der Waals surface area contributed by atoms with Crippen LogP contribution in [-0.2, 0) is 4.79 Å². The molecule has 0 aliphatic carbocycles. The fourth-order valence-electron chi connectivity index (χ4n) is 1.30. The summed E-state index contributed by atoms with van der Waals surface area (Å²) in [6.45, 7) is -0.144. The summed E-state index contributed by atoms with van der Waals surface area (Å²) in [4.78, 5) is 33.2. The lowest BCUT2D eigenvalue weighted by Gasteiger charge is -2.30. The van der Waals surface area contributed by atoms with Crippen molar-refractivity contribution < 1.29 is 14.4 Å². The van der Waals surface area contributed by atoms with Crippen LogP contribution in [0.4, 0.5) is 15.3 Å². The van der Waals surface area contributed by atoms with E-state index in [1.807, 2.05) is 0 Å². The Bertz CT molecular complexity index is 435. The molecule has 0 saturated carbocycles. The van der Waals surface area contributed by atoms with Crippen LogP contribution in [0.15, 0.2) is 30.3 Å². The van der Waals surface area contributed by atoms with Crippen molar-refractivity contribution in [1.29, 1.82) is 0 Å². The van der Waals surface area contributed by atoms with Gasteiger partial charge in [-0.1, -0.05) is 18.2 Å². The highest BCUT2D eigenvalue weighted by molar-refractivity contribution is 5.95. The molecule has 0 fully saturated rings. The normalized spacial score (nSPS) is 9.39. The first-order chi connectivity index (χ1) is 8.57. The summed E-state index contributed by atoms with van der Waals surface area (Å²) in [5.74, 6) is 0. The van der Waals surface area contributed by atoms with Crippen LogP contribution in [0.25, 0.3) is 0 Å². The quantitative estimate of drug-likeness (QED) is 0.597. The molecule has 96 valence electrons. The zero-order valence-corrected chi connectivity index (χ0v) is 9.87. The molecule has 3 N–H and O–H groups in total. The van der Waals surface area contributed by atoms with E-state index in [0.717, 1.165) is 10.0 Å². The SMILES string of the molecule is CN(C(N)=O)N(C(=O)NCC=O)c1ccccc1. The van der Waals surface area contributed by atoms with E-state index < -0.39 is 12.1 Å². The average molecular weight is 250 g/mol. The van der Waals surface area contributed by atoms with Crippen LogP contribution < -0.4 is 16.1 Å². The van der Waals surface area contributed by atoms with Gasteiger partial charge < -0.3 is 15.8 Å². The summed E-state index contributed by atoms with van der Waals surface area (Å²) in [5.41, 5.74) is 5.60. The summed E-state index contributed by atoms with van der Waals surface area (Å²) in [7, 11) is 1.36. The molecule has 0 heterocycles. The van der Waals surface area contributed by atoms with Gasteiger partial charge in [0.1, 0.15) is 6.29 Å². The third-order valence-corrected chi connectivity index (χ3v) is 2.15. The number of carbonyl (C=O) groups is 3. The monoisotopic (exact) mass is 250 g/mol. The van der Waals surface area contributed by atoms with E-state index in [9.17, 15) is 14.4 Å². The largest absolute Gasteiger partial charge is 0.350 e. The van der Waals surface area contributed by atoms with Gasteiger partial charge in [-0.3, -0.25) is 0 Å². The molecule has 1 aromatic carbocycles. The van der Waals surface area contributed by atoms with E-state index in [2.05, 4.69) is 5.32 Å². The zero-order chi connectivity index (χ0) is 13.5. The number of nitrogens with two attached hydrogens (primary N) is 1. The fourth-order valence-corrected chi connectivity index (χ4v) is 1.30. The Balaban J connectivity index is 2.99. The van der Waals surface area contributed by atoms with Crippen molar-refractivity contribution >= 4 is 24.0 Å². The highest BCUT2D eigenvalue weighted by Gasteiger charge is 2.22. The number of amides is 4. The molecule has 0 unspecified atom stereocenters. The lowest BCUT2D eigenvalue weighted by molar-refractivity contribution is -0.107. The van der Waals surface area contributed by atoms with Crippen molar-refractivity contribution in [2.75, 3.05) is 18.6 Å². The number of nitrogens with one attached hydrogen (secondary N) is 1. The number of nitrogens with zero attached hydrogens (tertiary/aromatic N) is 2. The number of hydrogen-bond acceptors (Lipinski definition) is 3. The van der Waals surface area contributed by atoms with Crippen molar-refractivity contribution in [3.05, 3.63) is 30.3 Å². The van der Waals surface area contributed by atoms with E-state index in [1.54, 1.807) is 30.3 Å². The van der Waals surface area contributed by atoms with Crippen LogP contribution in [0.1, 0.15) is 0 Å². The molecule has 0 bridgehead atoms. The van der Waals surface area contributed by atoms with Crippen molar-refractivity contribution in [3.63, 3.8) is 0 Å². The first kappa shape index (κ1) is 13.5. The maximum absolute atomic E-state index is 11.9. The summed E-state index contributed by atoms with van der Waals surface area (Å²) in [5, 5.41) is 4.34. The number of primary amides is 1. The first-order valence-corrected chi connectivity index (χ1v) is 5.17. The minimum absolute atomic E-state index is 0.144. The Labute approximate surface area is 104 Å². The number of rotatable bonds is 3. The van der Waals surface area contributed by atoms with Gasteiger partial charge in [-0.05, 0) is 12.1 Å². The summed E-state index contributed by atoms with van der Waals surface area (Å²) in [6, 6.07) is 7.07. The fraction of sp³-hybridized carbons (Fsp3) is 0.182. The second kappa shape index (κ2) is 6.24. The Morgan fingerprint density at radius 2 is 1.94 bits per heavy atom. The van der Waals surface area contributed by atoms with Gasteiger partial charge in [0.2, 0.25) is 0 Å². The summed E-state index contributed by atoms with van der Waals surface area (Å²) in [6.07, 6.45) is 0.547. The molecule has 0 aromatic heterocycles. The lowest BCUT2D eigenvalue weighted by atomic mass is 10.3. The topological polar surface area (TPSA) is 95.7 Å². The van der Waals surface area contributed by atoms with Crippen molar-refractivity contribution in [2.45, 2.75) is 0 Å². The Hall–Kier alpha value is -2.57. The Kier molecular flexibility index (Phi) is 4.67. The molecular weight excluding hydrogens is 236 g/mol. The first-order valence-electron chi connectivity index (χ1n) is 5.17. The highest BCUT2D eigenvalue weighted by Crippen LogP contribution is 2.14. The molecule has 0 aliphatic rings.